The van der Waals surface area contributed by atoms with E-state index in [0.29, 0.717) is 22.8 Å². The minimum atomic E-state index is -3.38. The van der Waals surface area contributed by atoms with Gasteiger partial charge in [-0.05, 0) is 54.8 Å². The molecule has 0 fully saturated rings. The van der Waals surface area contributed by atoms with Gasteiger partial charge in [-0.3, -0.25) is 5.10 Å². The molecule has 0 amide bonds. The van der Waals surface area contributed by atoms with Crippen LogP contribution in [0.4, 0.5) is 27.7 Å². The zero-order chi connectivity index (χ0) is 23.8. The number of anilines is 4. The number of aryl methyl sites for hydroxylation is 2. The highest BCUT2D eigenvalue weighted by Crippen LogP contribution is 2.31. The van der Waals surface area contributed by atoms with E-state index in [2.05, 4.69) is 30.8 Å². The monoisotopic (exact) mass is 486 g/mol. The Bertz CT molecular complexity index is 1460. The fraction of sp³-hybridized carbons (Fsp3) is 0.136. The molecule has 3 N–H and O–H groups in total. The van der Waals surface area contributed by atoms with E-state index in [9.17, 15) is 12.8 Å². The normalized spacial score (nSPS) is 11.4. The summed E-state index contributed by atoms with van der Waals surface area (Å²) in [4.78, 5) is 8.59. The van der Waals surface area contributed by atoms with Gasteiger partial charge >= 0.3 is 0 Å². The number of hydrogen-bond donors (Lipinski definition) is 3. The molecule has 2 heterocycles. The summed E-state index contributed by atoms with van der Waals surface area (Å²) < 4.78 is 38.7. The van der Waals surface area contributed by atoms with Crippen LogP contribution < -0.4 is 10.6 Å². The van der Waals surface area contributed by atoms with Gasteiger partial charge in [0.15, 0.2) is 21.5 Å². The molecular formula is C22H20ClFN6O2S. The van der Waals surface area contributed by atoms with E-state index < -0.39 is 15.7 Å². The number of halogens is 2. The van der Waals surface area contributed by atoms with E-state index in [1.165, 1.54) is 24.4 Å². The Morgan fingerprint density at radius 2 is 1.88 bits per heavy atom. The molecule has 2 aromatic heterocycles. The van der Waals surface area contributed by atoms with Crippen molar-refractivity contribution in [3.05, 3.63) is 70.8 Å². The maximum absolute atomic E-state index is 15.0. The lowest BCUT2D eigenvalue weighted by Crippen LogP contribution is -2.03. The highest BCUT2D eigenvalue weighted by atomic mass is 35.5. The number of rotatable bonds is 6. The number of nitrogens with one attached hydrogen (secondary N) is 3. The molecule has 0 spiro atoms. The number of hydrogen-bond acceptors (Lipinski definition) is 7. The molecule has 0 atom stereocenters. The molecule has 0 bridgehead atoms. The van der Waals surface area contributed by atoms with Crippen molar-refractivity contribution in [1.29, 1.82) is 0 Å². The van der Waals surface area contributed by atoms with Crippen LogP contribution in [0, 0.1) is 19.7 Å². The number of benzene rings is 2. The maximum Gasteiger partial charge on any atom is 0.229 e. The number of aromatic nitrogens is 4. The minimum Gasteiger partial charge on any atom is -0.322 e. The van der Waals surface area contributed by atoms with Crippen LogP contribution in [0.15, 0.2) is 53.6 Å². The second kappa shape index (κ2) is 8.80. The Morgan fingerprint density at radius 1 is 1.09 bits per heavy atom. The first-order valence-electron chi connectivity index (χ1n) is 9.79. The van der Waals surface area contributed by atoms with Crippen LogP contribution in [0.3, 0.4) is 0 Å². The summed E-state index contributed by atoms with van der Waals surface area (Å²) in [5.74, 6) is 0.435. The molecule has 0 aliphatic rings. The third-order valence-corrected chi connectivity index (χ3v) is 6.22. The molecule has 0 saturated carbocycles. The van der Waals surface area contributed by atoms with Gasteiger partial charge in [-0.2, -0.15) is 10.1 Å². The molecule has 2 aromatic carbocycles. The van der Waals surface area contributed by atoms with Gasteiger partial charge in [0.2, 0.25) is 5.95 Å². The largest absolute Gasteiger partial charge is 0.322 e. The van der Waals surface area contributed by atoms with Crippen LogP contribution >= 0.6 is 11.6 Å². The molecule has 11 heteroatoms. The van der Waals surface area contributed by atoms with Crippen LogP contribution in [0.2, 0.25) is 5.02 Å². The van der Waals surface area contributed by atoms with Crippen molar-refractivity contribution in [2.24, 2.45) is 0 Å². The Kier molecular flexibility index (Phi) is 6.05. The lowest BCUT2D eigenvalue weighted by Gasteiger charge is -2.13. The number of sulfone groups is 1. The summed E-state index contributed by atoms with van der Waals surface area (Å²) in [6.07, 6.45) is 2.53. The topological polar surface area (TPSA) is 113 Å². The third kappa shape index (κ3) is 5.12. The quantitative estimate of drug-likeness (QED) is 0.344. The lowest BCUT2D eigenvalue weighted by atomic mass is 9.99. The Labute approximate surface area is 195 Å². The van der Waals surface area contributed by atoms with Crippen molar-refractivity contribution in [2.75, 3.05) is 16.9 Å². The standard InChI is InChI=1S/C22H20ClFN6O2S/c1-12-7-19(18(24)10-16(12)14-5-4-6-15(9-14)33(3,31)32)26-22-25-11-17(23)21(28-22)27-20-8-13(2)29-30-20/h4-11H,1-3H3,(H3,25,26,27,28,29,30). The predicted molar refractivity (Wildman–Crippen MR) is 127 cm³/mol. The molecule has 0 aliphatic carbocycles. The fourth-order valence-corrected chi connectivity index (χ4v) is 4.03. The summed E-state index contributed by atoms with van der Waals surface area (Å²) in [6, 6.07) is 11.1. The Morgan fingerprint density at radius 3 is 2.58 bits per heavy atom. The summed E-state index contributed by atoms with van der Waals surface area (Å²) >= 11 is 6.18. The second-order valence-electron chi connectivity index (χ2n) is 7.52. The molecule has 170 valence electrons. The molecule has 4 aromatic rings. The van der Waals surface area contributed by atoms with Crippen LogP contribution in [0.25, 0.3) is 11.1 Å². The highest BCUT2D eigenvalue weighted by Gasteiger charge is 2.14. The van der Waals surface area contributed by atoms with Crippen LogP contribution in [-0.2, 0) is 9.84 Å². The van der Waals surface area contributed by atoms with Crippen LogP contribution in [-0.4, -0.2) is 34.8 Å². The van der Waals surface area contributed by atoms with Crippen molar-refractivity contribution >= 4 is 44.7 Å². The van der Waals surface area contributed by atoms with Crippen molar-refractivity contribution in [3.8, 4) is 11.1 Å². The second-order valence-corrected chi connectivity index (χ2v) is 9.95. The van der Waals surface area contributed by atoms with Gasteiger partial charge in [-0.1, -0.05) is 23.7 Å². The smallest absolute Gasteiger partial charge is 0.229 e. The molecule has 8 nitrogen and oxygen atoms in total. The van der Waals surface area contributed by atoms with E-state index in [4.69, 9.17) is 11.6 Å². The molecule has 4 rings (SSSR count). The zero-order valence-corrected chi connectivity index (χ0v) is 19.5. The van der Waals surface area contributed by atoms with Gasteiger partial charge in [0.25, 0.3) is 0 Å². The van der Waals surface area contributed by atoms with Crippen molar-refractivity contribution in [3.63, 3.8) is 0 Å². The number of H-pyrrole nitrogens is 1. The Balaban J connectivity index is 1.63. The number of aromatic amines is 1. The van der Waals surface area contributed by atoms with E-state index in [0.717, 1.165) is 17.5 Å². The van der Waals surface area contributed by atoms with Crippen molar-refractivity contribution in [2.45, 2.75) is 18.7 Å². The van der Waals surface area contributed by atoms with Gasteiger partial charge in [0, 0.05) is 18.0 Å². The summed E-state index contributed by atoms with van der Waals surface area (Å²) in [5.41, 5.74) is 2.95. The summed E-state index contributed by atoms with van der Waals surface area (Å²) in [7, 11) is -3.38. The maximum atomic E-state index is 15.0. The van der Waals surface area contributed by atoms with E-state index in [-0.39, 0.29) is 21.6 Å². The first kappa shape index (κ1) is 22.7. The van der Waals surface area contributed by atoms with Gasteiger partial charge in [-0.25, -0.2) is 17.8 Å². The average Bonchev–Trinajstić information content (AvgIpc) is 3.17. The fourth-order valence-electron chi connectivity index (χ4n) is 3.22. The lowest BCUT2D eigenvalue weighted by molar-refractivity contribution is 0.602. The Hall–Kier alpha value is -3.50. The van der Waals surface area contributed by atoms with E-state index >= 15 is 0 Å². The molecule has 0 saturated heterocycles. The molecule has 0 aliphatic heterocycles. The van der Waals surface area contributed by atoms with Crippen LogP contribution in [0.5, 0.6) is 0 Å². The third-order valence-electron chi connectivity index (χ3n) is 4.83. The molecule has 33 heavy (non-hydrogen) atoms. The van der Waals surface area contributed by atoms with Gasteiger partial charge < -0.3 is 10.6 Å². The summed E-state index contributed by atoms with van der Waals surface area (Å²) in [6.45, 7) is 3.67. The zero-order valence-electron chi connectivity index (χ0n) is 17.9. The van der Waals surface area contributed by atoms with Gasteiger partial charge in [0.1, 0.15) is 10.8 Å². The first-order valence-corrected chi connectivity index (χ1v) is 12.1. The predicted octanol–water partition coefficient (Wildman–Crippen LogP) is 5.17. The van der Waals surface area contributed by atoms with E-state index in [1.54, 1.807) is 24.3 Å². The SMILES string of the molecule is Cc1cc(Nc2nc(Nc3cc(C)c(-c4cccc(S(C)(=O)=O)c4)cc3F)ncc2Cl)n[nH]1. The highest BCUT2D eigenvalue weighted by molar-refractivity contribution is 7.90. The van der Waals surface area contributed by atoms with Crippen molar-refractivity contribution < 1.29 is 12.8 Å². The average molecular weight is 487 g/mol. The summed E-state index contributed by atoms with van der Waals surface area (Å²) in [5, 5.41) is 13.0. The minimum absolute atomic E-state index is 0.138. The van der Waals surface area contributed by atoms with Gasteiger partial charge in [-0.15, -0.1) is 0 Å². The van der Waals surface area contributed by atoms with Gasteiger partial charge in [0.05, 0.1) is 16.8 Å². The molecule has 0 radical (unpaired) electrons. The first-order chi connectivity index (χ1) is 15.6. The number of nitrogens with zero attached hydrogens (tertiary/aromatic N) is 3. The molecular weight excluding hydrogens is 467 g/mol. The molecule has 0 unspecified atom stereocenters. The van der Waals surface area contributed by atoms with E-state index in [1.807, 2.05) is 13.8 Å². The van der Waals surface area contributed by atoms with Crippen molar-refractivity contribution in [1.82, 2.24) is 20.2 Å². The van der Waals surface area contributed by atoms with Crippen LogP contribution in [0.1, 0.15) is 11.3 Å².